The molecule has 0 saturated carbocycles. The monoisotopic (exact) mass is 1100 g/mol. The summed E-state index contributed by atoms with van der Waals surface area (Å²) in [6.45, 7) is 16.5. The van der Waals surface area contributed by atoms with Crippen LogP contribution in [0.25, 0.3) is 11.1 Å². The minimum atomic E-state index is -4.55. The van der Waals surface area contributed by atoms with Crippen molar-refractivity contribution in [3.05, 3.63) is 91.0 Å². The van der Waals surface area contributed by atoms with Gasteiger partial charge in [-0.3, -0.25) is 18.7 Å². The van der Waals surface area contributed by atoms with Crippen LogP contribution < -0.4 is 14.5 Å². The van der Waals surface area contributed by atoms with E-state index < -0.39 is 59.9 Å². The van der Waals surface area contributed by atoms with Gasteiger partial charge in [-0.2, -0.15) is 16.8 Å². The van der Waals surface area contributed by atoms with Crippen LogP contribution in [-0.2, 0) is 67.1 Å². The van der Waals surface area contributed by atoms with Crippen LogP contribution in [-0.4, -0.2) is 143 Å². The van der Waals surface area contributed by atoms with Crippen LogP contribution in [0.3, 0.4) is 0 Å². The largest absolute Gasteiger partial charge is 0.460 e. The summed E-state index contributed by atoms with van der Waals surface area (Å²) < 4.78 is 108. The third-order valence-corrected chi connectivity index (χ3v) is 16.4. The van der Waals surface area contributed by atoms with Gasteiger partial charge >= 0.3 is 5.97 Å². The highest BCUT2D eigenvalue weighted by molar-refractivity contribution is 7.86. The van der Waals surface area contributed by atoms with Gasteiger partial charge in [0, 0.05) is 63.6 Å². The Labute approximate surface area is 443 Å². The summed E-state index contributed by atoms with van der Waals surface area (Å²) in [7, 11) is -9.11. The second-order valence-corrected chi connectivity index (χ2v) is 25.4. The molecule has 0 radical (unpaired) electrons. The number of hydrogen-bond donors (Lipinski definition) is 2. The fraction of sp³-hybridized carbons (Fsp3) is 0.547. The molecule has 1 amide bonds. The molecule has 74 heavy (non-hydrogen) atoms. The van der Waals surface area contributed by atoms with Gasteiger partial charge in [0.1, 0.15) is 34.1 Å². The number of amides is 1. The number of rotatable bonds is 19. The summed E-state index contributed by atoms with van der Waals surface area (Å²) in [6.07, 6.45) is 6.38. The molecule has 9 rings (SSSR count). The van der Waals surface area contributed by atoms with Gasteiger partial charge in [-0.05, 0) is 110 Å². The van der Waals surface area contributed by atoms with Gasteiger partial charge in [-0.1, -0.05) is 35.4 Å². The number of carbonyl (C=O) groups excluding carboxylic acids is 2. The summed E-state index contributed by atoms with van der Waals surface area (Å²) in [5, 5.41) is 0.363. The van der Waals surface area contributed by atoms with Crippen LogP contribution in [0.2, 0.25) is 10.0 Å². The molecule has 0 fully saturated rings. The second kappa shape index (κ2) is 20.3. The number of anilines is 2. The highest BCUT2D eigenvalue weighted by Crippen LogP contribution is 2.65. The van der Waals surface area contributed by atoms with Gasteiger partial charge in [0.25, 0.3) is 26.1 Å². The molecule has 3 aromatic rings. The molecule has 0 unspecified atom stereocenters. The molecular weight excluding hydrogens is 1040 g/mol. The first-order valence-electron chi connectivity index (χ1n) is 25.0. The fourth-order valence-corrected chi connectivity index (χ4v) is 13.6. The maximum Gasteiger partial charge on any atom is 0.308 e. The predicted octanol–water partition coefficient (Wildman–Crippen LogP) is 8.28. The lowest BCUT2D eigenvalue weighted by molar-refractivity contribution is -0.156. The normalized spacial score (nSPS) is 18.7. The van der Waals surface area contributed by atoms with E-state index in [1.807, 2.05) is 72.8 Å². The molecular formula is C53H65Cl2N3O14S2. The van der Waals surface area contributed by atoms with E-state index in [9.17, 15) is 30.7 Å². The number of carbonyl (C=O) groups is 2. The zero-order chi connectivity index (χ0) is 53.3. The topological polar surface area (TPSA) is 208 Å². The molecule has 6 aliphatic heterocycles. The van der Waals surface area contributed by atoms with Crippen LogP contribution >= 0.6 is 23.2 Å². The third kappa shape index (κ3) is 10.3. The number of hydrogen-bond acceptors (Lipinski definition) is 14. The van der Waals surface area contributed by atoms with Crippen molar-refractivity contribution in [2.24, 2.45) is 0 Å². The zero-order valence-corrected chi connectivity index (χ0v) is 46.0. The van der Waals surface area contributed by atoms with Gasteiger partial charge in [-0.25, -0.2) is 0 Å². The first-order chi connectivity index (χ1) is 34.7. The van der Waals surface area contributed by atoms with Crippen LogP contribution in [0.4, 0.5) is 11.4 Å². The van der Waals surface area contributed by atoms with Crippen molar-refractivity contribution in [2.45, 2.75) is 103 Å². The van der Waals surface area contributed by atoms with Gasteiger partial charge in [0.2, 0.25) is 0 Å². The molecule has 0 saturated heterocycles. The van der Waals surface area contributed by atoms with Gasteiger partial charge in [0.05, 0.1) is 92.3 Å². The van der Waals surface area contributed by atoms with E-state index in [2.05, 4.69) is 9.80 Å². The molecule has 6 aliphatic rings. The van der Waals surface area contributed by atoms with E-state index in [0.29, 0.717) is 96.2 Å². The Hall–Kier alpha value is -4.28. The lowest BCUT2D eigenvalue weighted by Crippen LogP contribution is -2.52. The van der Waals surface area contributed by atoms with E-state index in [1.54, 1.807) is 17.0 Å². The molecule has 3 aromatic carbocycles. The van der Waals surface area contributed by atoms with Gasteiger partial charge in [0.15, 0.2) is 0 Å². The summed E-state index contributed by atoms with van der Waals surface area (Å²) >= 11 is 14.5. The van der Waals surface area contributed by atoms with Crippen LogP contribution in [0.5, 0.6) is 11.5 Å². The molecule has 0 aromatic heterocycles. The van der Waals surface area contributed by atoms with Crippen molar-refractivity contribution in [1.82, 2.24) is 4.90 Å². The zero-order valence-electron chi connectivity index (χ0n) is 42.9. The van der Waals surface area contributed by atoms with Crippen LogP contribution in [0.15, 0.2) is 36.4 Å². The van der Waals surface area contributed by atoms with Gasteiger partial charge < -0.3 is 43.1 Å². The SMILES string of the molecule is CC(C)(C)OC(=O)CCOCCOCCOCCOCCN1C(=O)c2c(Cl)ccc(Cl)c2C12c1cc3c4c(c1Oc1c2cc2c5c1CCCN5C(C)(C)C=C2CS(=O)(=O)O)CCCN4C(C)(C)C=C3CS(=O)(=O)O. The molecule has 402 valence electrons. The summed E-state index contributed by atoms with van der Waals surface area (Å²) in [5.74, 6) is -1.17. The quantitative estimate of drug-likeness (QED) is 0.0658. The van der Waals surface area contributed by atoms with E-state index in [4.69, 9.17) is 51.6 Å². The van der Waals surface area contributed by atoms with Crippen molar-refractivity contribution >= 4 is 77.8 Å². The minimum Gasteiger partial charge on any atom is -0.460 e. The molecule has 2 N–H and O–H groups in total. The summed E-state index contributed by atoms with van der Waals surface area (Å²) in [5.41, 5.74) is 2.93. The second-order valence-electron chi connectivity index (χ2n) is 21.7. The van der Waals surface area contributed by atoms with Crippen molar-refractivity contribution < 1.29 is 64.0 Å². The Kier molecular flexibility index (Phi) is 14.9. The molecule has 0 atom stereocenters. The number of ether oxygens (including phenoxy) is 6. The molecule has 17 nitrogen and oxygen atoms in total. The lowest BCUT2D eigenvalue weighted by Gasteiger charge is -2.52. The molecule has 21 heteroatoms. The van der Waals surface area contributed by atoms with Crippen molar-refractivity contribution in [2.75, 3.05) is 93.8 Å². The average molecular weight is 1100 g/mol. The maximum absolute atomic E-state index is 15.5. The Balaban J connectivity index is 1.10. The Morgan fingerprint density at radius 3 is 1.61 bits per heavy atom. The first kappa shape index (κ1) is 54.5. The van der Waals surface area contributed by atoms with Crippen molar-refractivity contribution in [3.63, 3.8) is 0 Å². The number of esters is 1. The van der Waals surface area contributed by atoms with Crippen molar-refractivity contribution in [3.8, 4) is 11.5 Å². The fourth-order valence-electron chi connectivity index (χ4n) is 11.8. The predicted molar refractivity (Wildman–Crippen MR) is 282 cm³/mol. The van der Waals surface area contributed by atoms with E-state index >= 15 is 4.79 Å². The Bertz CT molecular complexity index is 2940. The van der Waals surface area contributed by atoms with E-state index in [1.165, 1.54) is 0 Å². The molecule has 0 aliphatic carbocycles. The van der Waals surface area contributed by atoms with E-state index in [-0.39, 0.29) is 67.6 Å². The summed E-state index contributed by atoms with van der Waals surface area (Å²) in [6, 6.07) is 6.93. The third-order valence-electron chi connectivity index (χ3n) is 14.4. The smallest absolute Gasteiger partial charge is 0.308 e. The molecule has 0 bridgehead atoms. The number of fused-ring (bicyclic) bond motifs is 8. The number of halogens is 2. The lowest BCUT2D eigenvalue weighted by atomic mass is 9.69. The average Bonchev–Trinajstić information content (AvgIpc) is 3.55. The van der Waals surface area contributed by atoms with Crippen LogP contribution in [0, 0.1) is 0 Å². The molecule has 6 heterocycles. The highest BCUT2D eigenvalue weighted by Gasteiger charge is 2.60. The minimum absolute atomic E-state index is 0.0179. The standard InChI is InChI=1S/C53H65Cl2N3O14S2/c1-50(2,3)72-42(59)14-18-67-20-22-69-24-25-70-23-21-68-19-17-58-49(60)43-40(54)12-13-41(55)44(43)53(58)38-26-36-32(30-73(61,62)63)28-51(4,5)56-15-8-10-34(45(36)56)47(38)71-48-35-11-9-16-57-46(35)37(27-39(48)53)33(29-52(57,6)7)31-74(64,65)66/h12-13,26-29H,8-11,14-25,30-31H2,1-7H3,(H,61,62,63)(H,64,65,66). The number of nitrogens with zero attached hydrogens (tertiary/aromatic N) is 3. The highest BCUT2D eigenvalue weighted by atomic mass is 35.5. The summed E-state index contributed by atoms with van der Waals surface area (Å²) in [4.78, 5) is 33.6. The van der Waals surface area contributed by atoms with Gasteiger partial charge in [-0.15, -0.1) is 0 Å². The van der Waals surface area contributed by atoms with Crippen molar-refractivity contribution in [1.29, 1.82) is 0 Å². The maximum atomic E-state index is 15.5. The van der Waals surface area contributed by atoms with Crippen LogP contribution in [0.1, 0.15) is 117 Å². The van der Waals surface area contributed by atoms with E-state index in [0.717, 1.165) is 35.3 Å². The Morgan fingerprint density at radius 1 is 0.703 bits per heavy atom. The first-order valence-corrected chi connectivity index (χ1v) is 29.0. The number of benzene rings is 3. The molecule has 1 spiro atoms. The Morgan fingerprint density at radius 2 is 1.15 bits per heavy atom.